The van der Waals surface area contributed by atoms with Gasteiger partial charge in [-0.1, -0.05) is 42.5 Å². The molecule has 0 spiro atoms. The summed E-state index contributed by atoms with van der Waals surface area (Å²) < 4.78 is 10.1. The van der Waals surface area contributed by atoms with Gasteiger partial charge in [0.15, 0.2) is 0 Å². The van der Waals surface area contributed by atoms with Crippen LogP contribution in [0.4, 0.5) is 4.79 Å². The van der Waals surface area contributed by atoms with Crippen LogP contribution < -0.4 is 10.6 Å². The molecule has 1 heterocycles. The Kier molecular flexibility index (Phi) is 8.61. The van der Waals surface area contributed by atoms with Gasteiger partial charge < -0.3 is 30.2 Å². The highest BCUT2D eigenvalue weighted by molar-refractivity contribution is 5.90. The summed E-state index contributed by atoms with van der Waals surface area (Å²) in [4.78, 5) is 44.6. The van der Waals surface area contributed by atoms with Crippen LogP contribution in [-0.4, -0.2) is 52.2 Å². The van der Waals surface area contributed by atoms with E-state index < -0.39 is 30.1 Å². The quantitative estimate of drug-likeness (QED) is 0.334. The van der Waals surface area contributed by atoms with Gasteiger partial charge in [0.1, 0.15) is 24.4 Å². The predicted molar refractivity (Wildman–Crippen MR) is 122 cm³/mol. The molecule has 2 atom stereocenters. The molecule has 1 aromatic heterocycles. The minimum absolute atomic E-state index is 0.0384. The first-order chi connectivity index (χ1) is 16.4. The minimum Gasteiger partial charge on any atom is -0.508 e. The normalized spacial score (nSPS) is 12.3. The predicted octanol–water partition coefficient (Wildman–Crippen LogP) is 1.85. The number of aromatic amines is 1. The lowest BCUT2D eigenvalue weighted by Crippen LogP contribution is -2.53. The molecule has 0 radical (unpaired) electrons. The number of nitrogens with one attached hydrogen (secondary N) is 3. The number of amides is 2. The van der Waals surface area contributed by atoms with Crippen LogP contribution in [0.2, 0.25) is 0 Å². The van der Waals surface area contributed by atoms with E-state index in [4.69, 9.17) is 9.47 Å². The highest BCUT2D eigenvalue weighted by atomic mass is 16.5. The summed E-state index contributed by atoms with van der Waals surface area (Å²) in [5.41, 5.74) is 2.11. The smallest absolute Gasteiger partial charge is 0.408 e. The fraction of sp³-hybridized carbons (Fsp3) is 0.250. The van der Waals surface area contributed by atoms with Crippen molar-refractivity contribution in [3.05, 3.63) is 83.9 Å². The Labute approximate surface area is 196 Å². The molecule has 2 amide bonds. The highest BCUT2D eigenvalue weighted by Crippen LogP contribution is 2.12. The Balaban J connectivity index is 1.68. The molecule has 10 nitrogen and oxygen atoms in total. The van der Waals surface area contributed by atoms with E-state index in [-0.39, 0.29) is 25.2 Å². The number of ether oxygens (including phenoxy) is 2. The molecule has 0 aliphatic carbocycles. The number of H-pyrrole nitrogens is 1. The number of aromatic nitrogens is 2. The molecule has 2 aromatic carbocycles. The lowest BCUT2D eigenvalue weighted by molar-refractivity contribution is -0.145. The molecule has 3 aromatic rings. The minimum atomic E-state index is -1.05. The molecule has 10 heteroatoms. The average Bonchev–Trinajstić information content (AvgIpc) is 3.36. The van der Waals surface area contributed by atoms with Crippen LogP contribution in [0.3, 0.4) is 0 Å². The third-order valence-electron chi connectivity index (χ3n) is 4.98. The Morgan fingerprint density at radius 1 is 0.971 bits per heavy atom. The lowest BCUT2D eigenvalue weighted by atomic mass is 10.0. The maximum absolute atomic E-state index is 13.1. The number of hydrogen-bond donors (Lipinski definition) is 4. The number of rotatable bonds is 10. The summed E-state index contributed by atoms with van der Waals surface area (Å²) >= 11 is 0. The van der Waals surface area contributed by atoms with Gasteiger partial charge in [0.2, 0.25) is 5.91 Å². The van der Waals surface area contributed by atoms with Crippen LogP contribution in [0.1, 0.15) is 16.8 Å². The summed E-state index contributed by atoms with van der Waals surface area (Å²) in [5.74, 6) is -1.16. The van der Waals surface area contributed by atoms with Gasteiger partial charge in [-0.05, 0) is 23.3 Å². The second kappa shape index (κ2) is 12.0. The highest BCUT2D eigenvalue weighted by Gasteiger charge is 2.28. The Bertz CT molecular complexity index is 1070. The zero-order chi connectivity index (χ0) is 24.3. The maximum atomic E-state index is 13.1. The van der Waals surface area contributed by atoms with Crippen LogP contribution in [0.25, 0.3) is 0 Å². The number of hydrogen-bond acceptors (Lipinski definition) is 7. The fourth-order valence-electron chi connectivity index (χ4n) is 3.21. The number of esters is 1. The molecular weight excluding hydrogens is 440 g/mol. The molecule has 0 aliphatic rings. The van der Waals surface area contributed by atoms with E-state index in [1.165, 1.54) is 31.8 Å². The molecule has 0 unspecified atom stereocenters. The zero-order valence-electron chi connectivity index (χ0n) is 18.6. The Morgan fingerprint density at radius 2 is 1.71 bits per heavy atom. The molecule has 0 aliphatic heterocycles. The molecule has 0 bridgehead atoms. The van der Waals surface area contributed by atoms with Crippen molar-refractivity contribution in [2.24, 2.45) is 0 Å². The molecule has 0 saturated carbocycles. The average molecular weight is 466 g/mol. The number of carbonyl (C=O) groups excluding carboxylic acids is 3. The number of imidazole rings is 1. The van der Waals surface area contributed by atoms with Crippen molar-refractivity contribution < 1.29 is 29.0 Å². The van der Waals surface area contributed by atoms with E-state index in [1.807, 2.05) is 30.3 Å². The fourth-order valence-corrected chi connectivity index (χ4v) is 3.21. The molecule has 34 heavy (non-hydrogen) atoms. The second-order valence-electron chi connectivity index (χ2n) is 7.49. The number of alkyl carbamates (subject to hydrolysis) is 1. The van der Waals surface area contributed by atoms with Crippen LogP contribution >= 0.6 is 0 Å². The standard InChI is InChI=1S/C24H26N4O6/c1-33-23(31)21(11-16-7-9-19(29)10-8-16)27-22(30)20(12-18-13-25-15-26-18)28-24(32)34-14-17-5-3-2-4-6-17/h2-10,13,15,20-21,29H,11-12,14H2,1H3,(H,25,26)(H,27,30)(H,28,32)/t20-,21+/m0/s1. The van der Waals surface area contributed by atoms with E-state index in [9.17, 15) is 19.5 Å². The van der Waals surface area contributed by atoms with E-state index in [1.54, 1.807) is 12.1 Å². The van der Waals surface area contributed by atoms with Crippen LogP contribution in [0.5, 0.6) is 5.75 Å². The summed E-state index contributed by atoms with van der Waals surface area (Å²) in [6.45, 7) is 0.0384. The van der Waals surface area contributed by atoms with Crippen molar-refractivity contribution in [1.82, 2.24) is 20.6 Å². The van der Waals surface area contributed by atoms with Crippen LogP contribution in [0.15, 0.2) is 67.1 Å². The lowest BCUT2D eigenvalue weighted by Gasteiger charge is -2.22. The largest absolute Gasteiger partial charge is 0.508 e. The first-order valence-corrected chi connectivity index (χ1v) is 10.5. The molecule has 0 saturated heterocycles. The monoisotopic (exact) mass is 466 g/mol. The number of aromatic hydroxyl groups is 1. The summed E-state index contributed by atoms with van der Waals surface area (Å²) in [6.07, 6.45) is 2.44. The molecule has 3 rings (SSSR count). The van der Waals surface area contributed by atoms with Gasteiger partial charge in [-0.15, -0.1) is 0 Å². The topological polar surface area (TPSA) is 143 Å². The number of phenolic OH excluding ortho intramolecular Hbond substituents is 1. The maximum Gasteiger partial charge on any atom is 0.408 e. The number of phenols is 1. The van der Waals surface area contributed by atoms with Gasteiger partial charge in [-0.2, -0.15) is 0 Å². The van der Waals surface area contributed by atoms with Crippen LogP contribution in [0, 0.1) is 0 Å². The SMILES string of the molecule is COC(=O)[C@@H](Cc1ccc(O)cc1)NC(=O)[C@H](Cc1cnc[nH]1)NC(=O)OCc1ccccc1. The first kappa shape index (κ1) is 24.3. The van der Waals surface area contributed by atoms with Gasteiger partial charge >= 0.3 is 12.1 Å². The van der Waals surface area contributed by atoms with Crippen LogP contribution in [-0.2, 0) is 38.5 Å². The first-order valence-electron chi connectivity index (χ1n) is 10.5. The summed E-state index contributed by atoms with van der Waals surface area (Å²) in [6, 6.07) is 13.3. The van der Waals surface area contributed by atoms with Crippen molar-refractivity contribution >= 4 is 18.0 Å². The van der Waals surface area contributed by atoms with Gasteiger partial charge in [0.05, 0.1) is 13.4 Å². The zero-order valence-corrected chi connectivity index (χ0v) is 18.6. The van der Waals surface area contributed by atoms with Gasteiger partial charge in [0, 0.05) is 24.7 Å². The molecular formula is C24H26N4O6. The van der Waals surface area contributed by atoms with E-state index in [0.717, 1.165) is 5.56 Å². The summed E-state index contributed by atoms with van der Waals surface area (Å²) in [7, 11) is 1.22. The van der Waals surface area contributed by atoms with Gasteiger partial charge in [-0.25, -0.2) is 14.6 Å². The Morgan fingerprint density at radius 3 is 2.35 bits per heavy atom. The van der Waals surface area contributed by atoms with Crippen molar-refractivity contribution in [2.45, 2.75) is 31.5 Å². The van der Waals surface area contributed by atoms with E-state index in [0.29, 0.717) is 11.3 Å². The molecule has 178 valence electrons. The Hall–Kier alpha value is -4.34. The number of benzene rings is 2. The second-order valence-corrected chi connectivity index (χ2v) is 7.49. The van der Waals surface area contributed by atoms with Crippen molar-refractivity contribution in [1.29, 1.82) is 0 Å². The number of nitrogens with zero attached hydrogens (tertiary/aromatic N) is 1. The van der Waals surface area contributed by atoms with Gasteiger partial charge in [-0.3, -0.25) is 4.79 Å². The van der Waals surface area contributed by atoms with Crippen molar-refractivity contribution in [3.63, 3.8) is 0 Å². The third kappa shape index (κ3) is 7.37. The third-order valence-corrected chi connectivity index (χ3v) is 4.98. The van der Waals surface area contributed by atoms with Crippen molar-refractivity contribution in [2.75, 3.05) is 7.11 Å². The number of methoxy groups -OCH3 is 1. The van der Waals surface area contributed by atoms with E-state index in [2.05, 4.69) is 20.6 Å². The van der Waals surface area contributed by atoms with Gasteiger partial charge in [0.25, 0.3) is 0 Å². The van der Waals surface area contributed by atoms with E-state index >= 15 is 0 Å². The van der Waals surface area contributed by atoms with Crippen molar-refractivity contribution in [3.8, 4) is 5.75 Å². The molecule has 0 fully saturated rings. The number of carbonyl (C=O) groups is 3. The molecule has 4 N–H and O–H groups in total. The summed E-state index contributed by atoms with van der Waals surface area (Å²) in [5, 5.41) is 14.7.